The molecule has 0 aliphatic heterocycles. The molecule has 3 aromatic rings. The Hall–Kier alpha value is -2.97. The average molecular weight is 325 g/mol. The summed E-state index contributed by atoms with van der Waals surface area (Å²) >= 11 is 0. The van der Waals surface area contributed by atoms with Gasteiger partial charge < -0.3 is 4.98 Å². The highest BCUT2D eigenvalue weighted by molar-refractivity contribution is 5.88. The maximum Gasteiger partial charge on any atom is 0.416 e. The molecule has 3 rings (SSSR count). The summed E-state index contributed by atoms with van der Waals surface area (Å²) in [5, 5.41) is 11.0. The predicted octanol–water partition coefficient (Wildman–Crippen LogP) is 4.30. The van der Waals surface area contributed by atoms with E-state index in [2.05, 4.69) is 9.97 Å². The number of hydrogen-bond acceptors (Lipinski definition) is 3. The molecule has 1 heterocycles. The number of non-ortho nitro benzene ring substituents is 1. The zero-order valence-corrected chi connectivity index (χ0v) is 11.2. The fourth-order valence-corrected chi connectivity index (χ4v) is 2.18. The third-order valence-electron chi connectivity index (χ3n) is 3.22. The second-order valence-corrected chi connectivity index (χ2v) is 4.71. The molecule has 0 fully saturated rings. The van der Waals surface area contributed by atoms with Crippen molar-refractivity contribution in [2.24, 2.45) is 0 Å². The van der Waals surface area contributed by atoms with E-state index in [1.807, 2.05) is 0 Å². The molecule has 0 unspecified atom stereocenters. The smallest absolute Gasteiger partial charge is 0.338 e. The largest absolute Gasteiger partial charge is 0.416 e. The van der Waals surface area contributed by atoms with Crippen LogP contribution in [-0.4, -0.2) is 14.9 Å². The number of nitrogens with zero attached hydrogens (tertiary/aromatic N) is 2. The fraction of sp³-hybridized carbons (Fsp3) is 0.0714. The van der Waals surface area contributed by atoms with Gasteiger partial charge in [-0.05, 0) is 18.2 Å². The number of rotatable bonds is 2. The van der Waals surface area contributed by atoms with Crippen molar-refractivity contribution >= 4 is 16.7 Å². The van der Waals surface area contributed by atoms with Crippen molar-refractivity contribution in [2.45, 2.75) is 6.18 Å². The van der Waals surface area contributed by atoms with Gasteiger partial charge in [0.2, 0.25) is 0 Å². The minimum absolute atomic E-state index is 0.00607. The van der Waals surface area contributed by atoms with Crippen molar-refractivity contribution in [1.82, 2.24) is 9.97 Å². The van der Waals surface area contributed by atoms with Crippen molar-refractivity contribution in [1.29, 1.82) is 0 Å². The molecule has 118 valence electrons. The molecule has 9 heteroatoms. The first-order valence-electron chi connectivity index (χ1n) is 6.27. The third-order valence-corrected chi connectivity index (χ3v) is 3.22. The minimum atomic E-state index is -4.75. The summed E-state index contributed by atoms with van der Waals surface area (Å²) in [7, 11) is 0. The van der Waals surface area contributed by atoms with Gasteiger partial charge in [0, 0.05) is 6.07 Å². The lowest BCUT2D eigenvalue weighted by atomic mass is 10.1. The van der Waals surface area contributed by atoms with Crippen molar-refractivity contribution in [2.75, 3.05) is 0 Å². The van der Waals surface area contributed by atoms with Crippen LogP contribution < -0.4 is 0 Å². The molecule has 0 saturated heterocycles. The summed E-state index contributed by atoms with van der Waals surface area (Å²) < 4.78 is 52.3. The fourth-order valence-electron chi connectivity index (χ4n) is 2.18. The molecule has 0 atom stereocenters. The Morgan fingerprint density at radius 1 is 1.17 bits per heavy atom. The van der Waals surface area contributed by atoms with E-state index in [1.165, 1.54) is 18.2 Å². The predicted molar refractivity (Wildman–Crippen MR) is 73.1 cm³/mol. The standard InChI is InChI=1S/C14H7F4N3O2/c15-9-4-2-1-3-8(9)13-19-10-5-7(14(16,17)18)6-11(21(22)23)12(10)20-13/h1-6H,(H,19,20). The Labute approximate surface area is 125 Å². The van der Waals surface area contributed by atoms with Crippen LogP contribution in [0.1, 0.15) is 5.56 Å². The Bertz CT molecular complexity index is 918. The highest BCUT2D eigenvalue weighted by Gasteiger charge is 2.34. The molecule has 23 heavy (non-hydrogen) atoms. The van der Waals surface area contributed by atoms with Gasteiger partial charge >= 0.3 is 6.18 Å². The van der Waals surface area contributed by atoms with E-state index in [1.54, 1.807) is 0 Å². The average Bonchev–Trinajstić information content (AvgIpc) is 2.89. The number of nitro benzene ring substituents is 1. The number of aromatic amines is 1. The Morgan fingerprint density at radius 2 is 1.87 bits per heavy atom. The minimum Gasteiger partial charge on any atom is -0.338 e. The molecule has 0 aliphatic rings. The van der Waals surface area contributed by atoms with E-state index >= 15 is 0 Å². The number of benzene rings is 2. The van der Waals surface area contributed by atoms with E-state index < -0.39 is 28.2 Å². The van der Waals surface area contributed by atoms with Gasteiger partial charge in [0.05, 0.1) is 21.6 Å². The number of hydrogen-bond donors (Lipinski definition) is 1. The van der Waals surface area contributed by atoms with Gasteiger partial charge in [0.1, 0.15) is 11.6 Å². The van der Waals surface area contributed by atoms with Crippen LogP contribution in [0.3, 0.4) is 0 Å². The number of H-pyrrole nitrogens is 1. The topological polar surface area (TPSA) is 71.8 Å². The number of nitrogens with one attached hydrogen (secondary N) is 1. The van der Waals surface area contributed by atoms with Gasteiger partial charge in [-0.3, -0.25) is 10.1 Å². The summed E-state index contributed by atoms with van der Waals surface area (Å²) in [6.07, 6.45) is -4.75. The highest BCUT2D eigenvalue weighted by Crippen LogP contribution is 2.36. The SMILES string of the molecule is O=[N+]([O-])c1cc(C(F)(F)F)cc2[nH]c(-c3ccccc3F)nc12. The second-order valence-electron chi connectivity index (χ2n) is 4.71. The monoisotopic (exact) mass is 325 g/mol. The lowest BCUT2D eigenvalue weighted by Gasteiger charge is -2.05. The summed E-state index contributed by atoms with van der Waals surface area (Å²) in [6, 6.07) is 6.59. The summed E-state index contributed by atoms with van der Waals surface area (Å²) in [5.74, 6) is -0.731. The van der Waals surface area contributed by atoms with Crippen molar-refractivity contribution in [3.05, 3.63) is 57.9 Å². The Kier molecular flexibility index (Phi) is 3.28. The first kappa shape index (κ1) is 14.9. The number of nitro groups is 1. The quantitative estimate of drug-likeness (QED) is 0.434. The van der Waals surface area contributed by atoms with Gasteiger partial charge in [-0.1, -0.05) is 12.1 Å². The van der Waals surface area contributed by atoms with Crippen LogP contribution in [0.5, 0.6) is 0 Å². The first-order valence-corrected chi connectivity index (χ1v) is 6.27. The lowest BCUT2D eigenvalue weighted by molar-refractivity contribution is -0.383. The van der Waals surface area contributed by atoms with Gasteiger partial charge in [-0.15, -0.1) is 0 Å². The van der Waals surface area contributed by atoms with Gasteiger partial charge in [-0.25, -0.2) is 9.37 Å². The molecule has 5 nitrogen and oxygen atoms in total. The van der Waals surface area contributed by atoms with Crippen molar-refractivity contribution in [3.63, 3.8) is 0 Å². The second kappa shape index (κ2) is 5.04. The van der Waals surface area contributed by atoms with E-state index in [-0.39, 0.29) is 22.4 Å². The van der Waals surface area contributed by atoms with Crippen molar-refractivity contribution in [3.8, 4) is 11.4 Å². The number of imidazole rings is 1. The molecular formula is C14H7F4N3O2. The van der Waals surface area contributed by atoms with Crippen LogP contribution in [0.2, 0.25) is 0 Å². The van der Waals surface area contributed by atoms with Crippen LogP contribution in [0, 0.1) is 15.9 Å². The number of aromatic nitrogens is 2. The molecule has 0 saturated carbocycles. The molecule has 0 bridgehead atoms. The summed E-state index contributed by atoms with van der Waals surface area (Å²) in [5.41, 5.74) is -2.42. The number of fused-ring (bicyclic) bond motifs is 1. The zero-order chi connectivity index (χ0) is 16.8. The molecule has 1 aromatic heterocycles. The van der Waals surface area contributed by atoms with Gasteiger partial charge in [0.15, 0.2) is 5.52 Å². The molecular weight excluding hydrogens is 318 g/mol. The van der Waals surface area contributed by atoms with Crippen molar-refractivity contribution < 1.29 is 22.5 Å². The Balaban J connectivity index is 2.29. The first-order chi connectivity index (χ1) is 10.8. The normalized spacial score (nSPS) is 11.8. The van der Waals surface area contributed by atoms with Crippen LogP contribution in [0.15, 0.2) is 36.4 Å². The molecule has 1 N–H and O–H groups in total. The van der Waals surface area contributed by atoms with E-state index in [9.17, 15) is 27.7 Å². The van der Waals surface area contributed by atoms with Crippen LogP contribution in [0.4, 0.5) is 23.2 Å². The number of halogens is 4. The molecule has 0 aliphatic carbocycles. The van der Waals surface area contributed by atoms with Gasteiger partial charge in [0.25, 0.3) is 5.69 Å². The van der Waals surface area contributed by atoms with E-state index in [0.29, 0.717) is 12.1 Å². The summed E-state index contributed by atoms with van der Waals surface area (Å²) in [6.45, 7) is 0. The van der Waals surface area contributed by atoms with E-state index in [4.69, 9.17) is 0 Å². The maximum absolute atomic E-state index is 13.8. The molecule has 0 radical (unpaired) electrons. The van der Waals surface area contributed by atoms with Crippen LogP contribution in [0.25, 0.3) is 22.4 Å². The number of alkyl halides is 3. The maximum atomic E-state index is 13.8. The third kappa shape index (κ3) is 2.60. The Morgan fingerprint density at radius 3 is 2.48 bits per heavy atom. The molecule has 0 spiro atoms. The van der Waals surface area contributed by atoms with Crippen LogP contribution in [-0.2, 0) is 6.18 Å². The summed E-state index contributed by atoms with van der Waals surface area (Å²) in [4.78, 5) is 16.5. The lowest BCUT2D eigenvalue weighted by Crippen LogP contribution is -2.05. The zero-order valence-electron chi connectivity index (χ0n) is 11.2. The van der Waals surface area contributed by atoms with Gasteiger partial charge in [-0.2, -0.15) is 13.2 Å². The molecule has 0 amide bonds. The van der Waals surface area contributed by atoms with E-state index in [0.717, 1.165) is 6.07 Å². The van der Waals surface area contributed by atoms with Crippen LogP contribution >= 0.6 is 0 Å². The molecule has 2 aromatic carbocycles. The highest BCUT2D eigenvalue weighted by atomic mass is 19.4.